The van der Waals surface area contributed by atoms with E-state index in [1.165, 1.54) is 14.2 Å². The minimum absolute atomic E-state index is 0.0133. The fraction of sp³-hybridized carbons (Fsp3) is 0.814. The van der Waals surface area contributed by atoms with Crippen LogP contribution >= 0.6 is 0 Å². The molecule has 99 heavy (non-hydrogen) atoms. The van der Waals surface area contributed by atoms with Gasteiger partial charge in [0, 0.05) is 58.5 Å². The molecule has 1 unspecified atom stereocenters. The number of carbonyl (C=O) groups excluding carboxylic acids is 5. The molecule has 0 aromatic rings. The SMILES string of the molecule is CO[C@H]1C[C@@H]2CC[C@@H](C)[C@@](O[C@@H]3O[C@H](CO[C@@H]4O[C@@H](CO[C@@H]5O[C@H](CO)[C@@H](O)[C@H](O)[C@H]5O)[C@@H](O)[C@H]4O)[C@@H](O)[C@H](O)[C@H]3O)(O2)C(=O)C(=O)N2CCCC[C@H]2C(=O)OC([C@H](C)C[C@@H]2CC[C@@H](OCCO)[C@H](OC)C2)CC(=O)[C@H](C)/C=C(\C)[C@@H](O)[C@@H](OC)C(=O)[C@H](C)C[C@H](C)/C=C/C=C/C=C/1C. The summed E-state index contributed by atoms with van der Waals surface area (Å²) < 4.78 is 71.7. The van der Waals surface area contributed by atoms with Crippen LogP contribution in [0.15, 0.2) is 47.6 Å². The number of nitrogens with zero attached hydrogens (tertiary/aromatic N) is 1. The Labute approximate surface area is 579 Å². The van der Waals surface area contributed by atoms with Crippen LogP contribution < -0.4 is 0 Å². The van der Waals surface area contributed by atoms with E-state index in [-0.39, 0.29) is 87.5 Å². The monoisotopic (exact) mass is 1410 g/mol. The molecule has 2 bridgehead atoms. The number of methoxy groups -OCH3 is 3. The first-order valence-electron chi connectivity index (χ1n) is 35.0. The zero-order valence-electron chi connectivity index (χ0n) is 58.7. The van der Waals surface area contributed by atoms with Gasteiger partial charge in [-0.2, -0.15) is 0 Å². The van der Waals surface area contributed by atoms with Gasteiger partial charge in [0.25, 0.3) is 11.7 Å². The van der Waals surface area contributed by atoms with E-state index >= 15 is 14.4 Å². The molecule has 0 aromatic heterocycles. The summed E-state index contributed by atoms with van der Waals surface area (Å²) >= 11 is 0. The topological polar surface area (TPSA) is 422 Å². The first-order valence-corrected chi connectivity index (χ1v) is 35.0. The highest BCUT2D eigenvalue weighted by atomic mass is 16.8. The van der Waals surface area contributed by atoms with Crippen molar-refractivity contribution in [1.29, 1.82) is 0 Å². The number of cyclic esters (lactones) is 1. The maximum atomic E-state index is 15.8. The summed E-state index contributed by atoms with van der Waals surface area (Å²) in [5.74, 6) is -9.82. The Morgan fingerprint density at radius 3 is 1.91 bits per heavy atom. The van der Waals surface area contributed by atoms with Gasteiger partial charge in [0.2, 0.25) is 5.79 Å². The molecule has 29 nitrogen and oxygen atoms in total. The van der Waals surface area contributed by atoms with Crippen molar-refractivity contribution in [3.8, 4) is 0 Å². The number of fused-ring (bicyclic) bond motifs is 3. The molecule has 6 fully saturated rings. The molecule has 7 aliphatic rings. The van der Waals surface area contributed by atoms with E-state index in [0.29, 0.717) is 50.5 Å². The van der Waals surface area contributed by atoms with Crippen LogP contribution in [-0.2, 0) is 80.8 Å². The van der Waals surface area contributed by atoms with E-state index in [9.17, 15) is 65.8 Å². The van der Waals surface area contributed by atoms with Gasteiger partial charge in [-0.1, -0.05) is 71.1 Å². The lowest BCUT2D eigenvalue weighted by molar-refractivity contribution is -0.383. The smallest absolute Gasteiger partial charge is 0.329 e. The van der Waals surface area contributed by atoms with Crippen LogP contribution in [-0.4, -0.2) is 292 Å². The Hall–Kier alpha value is -3.97. The molecule has 11 N–H and O–H groups in total. The van der Waals surface area contributed by atoms with Crippen LogP contribution in [0.4, 0.5) is 0 Å². The van der Waals surface area contributed by atoms with Crippen LogP contribution in [0.25, 0.3) is 0 Å². The second kappa shape index (κ2) is 38.2. The summed E-state index contributed by atoms with van der Waals surface area (Å²) in [6.07, 6.45) is -16.2. The molecule has 1 saturated carbocycles. The first-order chi connectivity index (χ1) is 47.0. The summed E-state index contributed by atoms with van der Waals surface area (Å²) in [5.41, 5.74) is 1.03. The predicted octanol–water partition coefficient (Wildman–Crippen LogP) is 0.309. The standard InChI is InChI=1S/C70H111NO28/c1-35-16-12-11-13-17-36(2)47(88-8)30-43-21-19-41(7)70(98-43,99-69-62(84)59(81)56(78)51(97-69)33-92-67-60(82)57(79)52(96-67)34-93-68-61(83)58(80)55(77)50(32-73)95-68)64(85)65(86)71-23-15-14-18-44(71)66(87)94-48(38(4)28-42-20-22-46(91-25-24-72)49(29-42)89-9)31-45(74)37(3)27-40(6)54(76)63(90-10)53(75)39(5)26-35/h11-13,16-17,27,35,37-39,41-44,46-52,54-63,67-69,72-73,76-84H,14-15,18-26,28-34H2,1-10H3/b13-11+,16-12+,36-17+,40-27+/t35-,37-,38-,39-,41-,42+,43+,44+,46-,47+,48?,49-,50-,51-,52+,54-,55-,56-,57-,58+,59+,60-,61-,62-,63+,67-,68-,69+,70+/m1/s1. The molecular formula is C70H111NO28. The number of hydrogen-bond donors (Lipinski definition) is 11. The number of aliphatic hydroxyl groups excluding tert-OH is 11. The molecule has 29 heteroatoms. The van der Waals surface area contributed by atoms with Crippen molar-refractivity contribution in [2.24, 2.45) is 35.5 Å². The zero-order valence-corrected chi connectivity index (χ0v) is 58.7. The number of amides is 1. The average molecular weight is 1410 g/mol. The van der Waals surface area contributed by atoms with Gasteiger partial charge in [0.05, 0.1) is 57.5 Å². The highest BCUT2D eigenvalue weighted by molar-refractivity contribution is 6.39. The lowest BCUT2D eigenvalue weighted by Gasteiger charge is -2.49. The lowest BCUT2D eigenvalue weighted by atomic mass is 9.78. The molecule has 7 rings (SSSR count). The Balaban J connectivity index is 1.20. The fourth-order valence-corrected chi connectivity index (χ4v) is 14.6. The maximum absolute atomic E-state index is 15.8. The molecule has 29 atom stereocenters. The molecule has 0 aromatic carbocycles. The minimum atomic E-state index is -2.67. The van der Waals surface area contributed by atoms with Crippen molar-refractivity contribution < 1.29 is 137 Å². The third-order valence-electron chi connectivity index (χ3n) is 20.8. The highest BCUT2D eigenvalue weighted by Crippen LogP contribution is 2.43. The van der Waals surface area contributed by atoms with Crippen molar-refractivity contribution in [3.63, 3.8) is 0 Å². The molecule has 1 amide bonds. The second-order valence-electron chi connectivity index (χ2n) is 28.1. The first kappa shape index (κ1) is 82.3. The third kappa shape index (κ3) is 20.5. The number of esters is 1. The fourth-order valence-electron chi connectivity index (χ4n) is 14.6. The number of hydrogen-bond acceptors (Lipinski definition) is 28. The van der Waals surface area contributed by atoms with Crippen molar-refractivity contribution in [2.75, 3.05) is 60.9 Å². The second-order valence-corrected chi connectivity index (χ2v) is 28.1. The van der Waals surface area contributed by atoms with Crippen LogP contribution in [0.3, 0.4) is 0 Å². The Kier molecular flexibility index (Phi) is 31.7. The lowest BCUT2D eigenvalue weighted by Crippen LogP contribution is -2.66. The maximum Gasteiger partial charge on any atom is 0.329 e. The van der Waals surface area contributed by atoms with Crippen LogP contribution in [0.2, 0.25) is 0 Å². The molecule has 6 heterocycles. The highest BCUT2D eigenvalue weighted by Gasteiger charge is 2.59. The van der Waals surface area contributed by atoms with E-state index in [1.54, 1.807) is 53.0 Å². The Morgan fingerprint density at radius 2 is 1.27 bits per heavy atom. The zero-order chi connectivity index (χ0) is 72.7. The van der Waals surface area contributed by atoms with Gasteiger partial charge in [-0.05, 0) is 107 Å². The summed E-state index contributed by atoms with van der Waals surface area (Å²) in [7, 11) is 4.41. The average Bonchev–Trinajstić information content (AvgIpc) is 1.30. The van der Waals surface area contributed by atoms with Gasteiger partial charge in [0.15, 0.2) is 24.7 Å². The van der Waals surface area contributed by atoms with E-state index in [4.69, 9.17) is 56.8 Å². The summed E-state index contributed by atoms with van der Waals surface area (Å²) in [5, 5.41) is 118. The summed E-state index contributed by atoms with van der Waals surface area (Å²) in [6, 6.07) is -1.39. The van der Waals surface area contributed by atoms with Crippen molar-refractivity contribution >= 4 is 29.2 Å². The van der Waals surface area contributed by atoms with Crippen LogP contribution in [0.1, 0.15) is 126 Å². The number of piperidine rings is 1. The number of allylic oxidation sites excluding steroid dienone is 6. The van der Waals surface area contributed by atoms with E-state index in [0.717, 1.165) is 10.5 Å². The van der Waals surface area contributed by atoms with Crippen LogP contribution in [0, 0.1) is 35.5 Å². The van der Waals surface area contributed by atoms with Crippen molar-refractivity contribution in [1.82, 2.24) is 4.90 Å². The van der Waals surface area contributed by atoms with Gasteiger partial charge in [-0.25, -0.2) is 4.79 Å². The largest absolute Gasteiger partial charge is 0.460 e. The molecule has 6 aliphatic heterocycles. The van der Waals surface area contributed by atoms with E-state index < -0.39 is 190 Å². The predicted molar refractivity (Wildman–Crippen MR) is 348 cm³/mol. The molecular weight excluding hydrogens is 1300 g/mol. The number of aliphatic hydroxyl groups is 11. The number of ketones is 3. The van der Waals surface area contributed by atoms with Crippen molar-refractivity contribution in [3.05, 3.63) is 47.6 Å². The molecule has 0 spiro atoms. The molecule has 564 valence electrons. The minimum Gasteiger partial charge on any atom is -0.460 e. The van der Waals surface area contributed by atoms with Gasteiger partial charge in [-0.3, -0.25) is 19.2 Å². The van der Waals surface area contributed by atoms with E-state index in [1.807, 2.05) is 39.0 Å². The number of rotatable bonds is 18. The molecule has 5 saturated heterocycles. The summed E-state index contributed by atoms with van der Waals surface area (Å²) in [6.45, 7) is 9.98. The Morgan fingerprint density at radius 1 is 0.646 bits per heavy atom. The molecule has 0 radical (unpaired) electrons. The normalized spacial score (nSPS) is 43.9. The van der Waals surface area contributed by atoms with E-state index in [2.05, 4.69) is 0 Å². The van der Waals surface area contributed by atoms with Gasteiger partial charge in [-0.15, -0.1) is 0 Å². The quantitative estimate of drug-likeness (QED) is 0.0500. The van der Waals surface area contributed by atoms with Gasteiger partial charge < -0.3 is 118 Å². The van der Waals surface area contributed by atoms with Crippen molar-refractivity contribution in [2.45, 2.75) is 266 Å². The van der Waals surface area contributed by atoms with Gasteiger partial charge >= 0.3 is 5.97 Å². The number of ether oxygens (including phenoxy) is 12. The summed E-state index contributed by atoms with van der Waals surface area (Å²) in [4.78, 5) is 76.0. The molecule has 1 aliphatic carbocycles. The third-order valence-corrected chi connectivity index (χ3v) is 20.8. The number of Topliss-reactive ketones (excluding diaryl/α,β-unsaturated/α-hetero) is 3. The Bertz CT molecular complexity index is 2730. The number of carbonyl (C=O) groups is 5. The van der Waals surface area contributed by atoms with Gasteiger partial charge in [0.1, 0.15) is 97.3 Å². The van der Waals surface area contributed by atoms with Crippen LogP contribution in [0.5, 0.6) is 0 Å².